The SMILES string of the molecule is Oc1ccc(CN=Nc2ccc3ccccc3n2)c(O)c1O. The number of aromatic hydroxyl groups is 3. The highest BCUT2D eigenvalue weighted by molar-refractivity contribution is 5.79. The maximum atomic E-state index is 9.69. The van der Waals surface area contributed by atoms with Crippen molar-refractivity contribution in [2.45, 2.75) is 6.54 Å². The molecule has 110 valence electrons. The summed E-state index contributed by atoms with van der Waals surface area (Å²) in [6.45, 7) is 0.0637. The fourth-order valence-corrected chi connectivity index (χ4v) is 2.03. The summed E-state index contributed by atoms with van der Waals surface area (Å²) in [5.74, 6) is -0.877. The first kappa shape index (κ1) is 13.8. The van der Waals surface area contributed by atoms with Crippen molar-refractivity contribution in [3.05, 3.63) is 54.1 Å². The van der Waals surface area contributed by atoms with Gasteiger partial charge < -0.3 is 15.3 Å². The van der Waals surface area contributed by atoms with Crippen molar-refractivity contribution in [3.63, 3.8) is 0 Å². The van der Waals surface area contributed by atoms with E-state index in [0.29, 0.717) is 11.4 Å². The highest BCUT2D eigenvalue weighted by atomic mass is 16.3. The molecule has 0 amide bonds. The van der Waals surface area contributed by atoms with Gasteiger partial charge in [-0.25, -0.2) is 4.98 Å². The number of hydrogen-bond donors (Lipinski definition) is 3. The molecular formula is C16H13N3O3. The number of pyridine rings is 1. The van der Waals surface area contributed by atoms with Crippen molar-refractivity contribution in [2.24, 2.45) is 10.2 Å². The molecule has 0 spiro atoms. The zero-order valence-electron chi connectivity index (χ0n) is 11.5. The molecule has 0 aliphatic carbocycles. The van der Waals surface area contributed by atoms with Crippen molar-refractivity contribution in [3.8, 4) is 17.2 Å². The van der Waals surface area contributed by atoms with Gasteiger partial charge in [0.1, 0.15) is 0 Å². The molecule has 6 nitrogen and oxygen atoms in total. The molecule has 0 bridgehead atoms. The summed E-state index contributed by atoms with van der Waals surface area (Å²) < 4.78 is 0. The van der Waals surface area contributed by atoms with Crippen LogP contribution in [0.25, 0.3) is 10.9 Å². The molecule has 0 saturated carbocycles. The lowest BCUT2D eigenvalue weighted by molar-refractivity contribution is 0.365. The average molecular weight is 295 g/mol. The first-order valence-corrected chi connectivity index (χ1v) is 6.61. The van der Waals surface area contributed by atoms with Crippen molar-refractivity contribution < 1.29 is 15.3 Å². The molecule has 3 rings (SSSR count). The average Bonchev–Trinajstić information content (AvgIpc) is 2.55. The molecular weight excluding hydrogens is 282 g/mol. The van der Waals surface area contributed by atoms with E-state index in [1.165, 1.54) is 12.1 Å². The van der Waals surface area contributed by atoms with Crippen molar-refractivity contribution in [1.29, 1.82) is 0 Å². The number of para-hydroxylation sites is 1. The third kappa shape index (κ3) is 2.67. The monoisotopic (exact) mass is 295 g/mol. The second-order valence-corrected chi connectivity index (χ2v) is 4.70. The van der Waals surface area contributed by atoms with E-state index in [4.69, 9.17) is 0 Å². The second-order valence-electron chi connectivity index (χ2n) is 4.70. The third-order valence-corrected chi connectivity index (χ3v) is 3.21. The van der Waals surface area contributed by atoms with Gasteiger partial charge in [-0.15, -0.1) is 5.11 Å². The summed E-state index contributed by atoms with van der Waals surface area (Å²) in [4.78, 5) is 4.35. The van der Waals surface area contributed by atoms with E-state index in [2.05, 4.69) is 15.2 Å². The number of hydrogen-bond acceptors (Lipinski definition) is 6. The van der Waals surface area contributed by atoms with Crippen molar-refractivity contribution >= 4 is 16.7 Å². The second kappa shape index (κ2) is 5.69. The van der Waals surface area contributed by atoms with Gasteiger partial charge >= 0.3 is 0 Å². The Hall–Kier alpha value is -3.15. The molecule has 0 aliphatic heterocycles. The van der Waals surface area contributed by atoms with Gasteiger partial charge in [-0.2, -0.15) is 5.11 Å². The minimum atomic E-state index is -0.559. The van der Waals surface area contributed by atoms with Gasteiger partial charge in [0, 0.05) is 10.9 Å². The topological polar surface area (TPSA) is 98.3 Å². The van der Waals surface area contributed by atoms with E-state index in [0.717, 1.165) is 10.9 Å². The van der Waals surface area contributed by atoms with E-state index in [-0.39, 0.29) is 12.3 Å². The number of phenolic OH excluding ortho intramolecular Hbond substituents is 3. The Bertz CT molecular complexity index is 862. The smallest absolute Gasteiger partial charge is 0.200 e. The highest BCUT2D eigenvalue weighted by Gasteiger charge is 2.10. The third-order valence-electron chi connectivity index (χ3n) is 3.21. The van der Waals surface area contributed by atoms with Gasteiger partial charge in [0.05, 0.1) is 12.1 Å². The van der Waals surface area contributed by atoms with Crippen LogP contribution >= 0.6 is 0 Å². The normalized spacial score (nSPS) is 11.3. The van der Waals surface area contributed by atoms with E-state index < -0.39 is 11.5 Å². The minimum absolute atomic E-state index is 0.0637. The Morgan fingerprint density at radius 1 is 0.864 bits per heavy atom. The van der Waals surface area contributed by atoms with Crippen LogP contribution in [0.1, 0.15) is 5.56 Å². The quantitative estimate of drug-likeness (QED) is 0.507. The van der Waals surface area contributed by atoms with E-state index in [9.17, 15) is 15.3 Å². The number of rotatable bonds is 3. The fourth-order valence-electron chi connectivity index (χ4n) is 2.03. The van der Waals surface area contributed by atoms with Crippen LogP contribution in [0.15, 0.2) is 58.8 Å². The van der Waals surface area contributed by atoms with Crippen LogP contribution in [-0.4, -0.2) is 20.3 Å². The van der Waals surface area contributed by atoms with Crippen molar-refractivity contribution in [1.82, 2.24) is 4.98 Å². The Morgan fingerprint density at radius 3 is 2.55 bits per heavy atom. The van der Waals surface area contributed by atoms with E-state index in [1.807, 2.05) is 30.3 Å². The number of azo groups is 1. The Labute approximate surface area is 126 Å². The van der Waals surface area contributed by atoms with Crippen LogP contribution in [0.3, 0.4) is 0 Å². The van der Waals surface area contributed by atoms with Crippen LogP contribution < -0.4 is 0 Å². The van der Waals surface area contributed by atoms with Gasteiger partial charge in [-0.1, -0.05) is 18.2 Å². The van der Waals surface area contributed by atoms with Crippen LogP contribution in [0.5, 0.6) is 17.2 Å². The molecule has 3 aromatic rings. The Kier molecular flexibility index (Phi) is 3.57. The highest BCUT2D eigenvalue weighted by Crippen LogP contribution is 2.37. The van der Waals surface area contributed by atoms with Crippen LogP contribution in [0.2, 0.25) is 0 Å². The lowest BCUT2D eigenvalue weighted by Crippen LogP contribution is -1.83. The molecule has 6 heteroatoms. The molecule has 3 N–H and O–H groups in total. The minimum Gasteiger partial charge on any atom is -0.504 e. The number of benzene rings is 2. The lowest BCUT2D eigenvalue weighted by Gasteiger charge is -2.04. The molecule has 0 fully saturated rings. The maximum Gasteiger partial charge on any atom is 0.200 e. The predicted molar refractivity (Wildman–Crippen MR) is 81.4 cm³/mol. The van der Waals surface area contributed by atoms with Crippen molar-refractivity contribution in [2.75, 3.05) is 0 Å². The number of fused-ring (bicyclic) bond motifs is 1. The van der Waals surface area contributed by atoms with E-state index in [1.54, 1.807) is 6.07 Å². The van der Waals surface area contributed by atoms with Gasteiger partial charge in [0.25, 0.3) is 0 Å². The number of aromatic nitrogens is 1. The molecule has 22 heavy (non-hydrogen) atoms. The molecule has 0 saturated heterocycles. The largest absolute Gasteiger partial charge is 0.504 e. The van der Waals surface area contributed by atoms with Gasteiger partial charge in [0.15, 0.2) is 17.3 Å². The molecule has 0 atom stereocenters. The first-order valence-electron chi connectivity index (χ1n) is 6.61. The van der Waals surface area contributed by atoms with Gasteiger partial charge in [-0.3, -0.25) is 0 Å². The molecule has 0 aliphatic rings. The number of phenols is 3. The van der Waals surface area contributed by atoms with Gasteiger partial charge in [-0.05, 0) is 30.3 Å². The Balaban J connectivity index is 1.80. The Morgan fingerprint density at radius 2 is 1.68 bits per heavy atom. The summed E-state index contributed by atoms with van der Waals surface area (Å²) in [5.41, 5.74) is 1.18. The standard InChI is InChI=1S/C16H13N3O3/c20-13-7-5-11(15(21)16(13)22)9-17-19-14-8-6-10-3-1-2-4-12(10)18-14/h1-8,20-22H,9H2. The van der Waals surface area contributed by atoms with Crippen LogP contribution in [0.4, 0.5) is 5.82 Å². The van der Waals surface area contributed by atoms with E-state index >= 15 is 0 Å². The molecule has 1 heterocycles. The zero-order chi connectivity index (χ0) is 15.5. The lowest BCUT2D eigenvalue weighted by atomic mass is 10.2. The number of nitrogens with zero attached hydrogens (tertiary/aromatic N) is 3. The molecule has 0 radical (unpaired) electrons. The molecule has 0 unspecified atom stereocenters. The molecule has 2 aromatic carbocycles. The maximum absolute atomic E-state index is 9.69. The van der Waals surface area contributed by atoms with Gasteiger partial charge in [0.2, 0.25) is 5.75 Å². The fraction of sp³-hybridized carbons (Fsp3) is 0.0625. The van der Waals surface area contributed by atoms with Crippen LogP contribution in [-0.2, 0) is 6.54 Å². The van der Waals surface area contributed by atoms with Crippen LogP contribution in [0, 0.1) is 0 Å². The zero-order valence-corrected chi connectivity index (χ0v) is 11.5. The predicted octanol–water partition coefficient (Wildman–Crippen LogP) is 3.64. The molecule has 1 aromatic heterocycles. The summed E-state index contributed by atoms with van der Waals surface area (Å²) in [7, 11) is 0. The summed E-state index contributed by atoms with van der Waals surface area (Å²) >= 11 is 0. The first-order chi connectivity index (χ1) is 10.6. The summed E-state index contributed by atoms with van der Waals surface area (Å²) in [6.07, 6.45) is 0. The summed E-state index contributed by atoms with van der Waals surface area (Å²) in [6, 6.07) is 14.1. The summed E-state index contributed by atoms with van der Waals surface area (Å²) in [5, 5.41) is 37.4.